The van der Waals surface area contributed by atoms with Crippen molar-refractivity contribution in [3.8, 4) is 0 Å². The number of rotatable bonds is 7. The van der Waals surface area contributed by atoms with Crippen LogP contribution in [0.3, 0.4) is 0 Å². The Kier molecular flexibility index (Phi) is 6.74. The molecule has 1 amide bonds. The number of hydrogen-bond donors (Lipinski definition) is 2. The molecule has 4 rings (SSSR count). The fraction of sp³-hybridized carbons (Fsp3) is 0.320. The number of nitrogens with one attached hydrogen (secondary N) is 2. The van der Waals surface area contributed by atoms with E-state index in [1.807, 2.05) is 18.2 Å². The standard InChI is InChI=1S/C25H28FN5OS/c1-4-30-16(2)15-18(17(30)3)24-23(21-11-7-8-13-27-21)29-25(33)31(24)14-12-22(32)28-20-10-6-5-9-19(20)26/h5-11,13,15,23-24H,4,12,14H2,1-3H3,(H,28,32)(H,29,33)/t23-,24-/m0/s1. The van der Waals surface area contributed by atoms with Crippen LogP contribution in [0.15, 0.2) is 54.7 Å². The van der Waals surface area contributed by atoms with Gasteiger partial charge in [-0.1, -0.05) is 18.2 Å². The summed E-state index contributed by atoms with van der Waals surface area (Å²) in [6.45, 7) is 7.62. The zero-order valence-electron chi connectivity index (χ0n) is 19.0. The fourth-order valence-electron chi connectivity index (χ4n) is 4.60. The number of aromatic nitrogens is 2. The van der Waals surface area contributed by atoms with Gasteiger partial charge in [-0.25, -0.2) is 4.39 Å². The summed E-state index contributed by atoms with van der Waals surface area (Å²) in [4.78, 5) is 19.2. The summed E-state index contributed by atoms with van der Waals surface area (Å²) >= 11 is 5.70. The summed E-state index contributed by atoms with van der Waals surface area (Å²) in [5, 5.41) is 6.66. The van der Waals surface area contributed by atoms with Crippen LogP contribution in [0.1, 0.15) is 48.1 Å². The van der Waals surface area contributed by atoms with E-state index in [4.69, 9.17) is 12.2 Å². The van der Waals surface area contributed by atoms with Crippen LogP contribution in [0.2, 0.25) is 0 Å². The molecular formula is C25H28FN5OS. The zero-order valence-corrected chi connectivity index (χ0v) is 19.8. The zero-order chi connectivity index (χ0) is 23.5. The van der Waals surface area contributed by atoms with Gasteiger partial charge in [-0.15, -0.1) is 0 Å². The minimum atomic E-state index is -0.454. The number of benzene rings is 1. The smallest absolute Gasteiger partial charge is 0.226 e. The quantitative estimate of drug-likeness (QED) is 0.497. The Morgan fingerprint density at radius 1 is 1.21 bits per heavy atom. The van der Waals surface area contributed by atoms with E-state index in [2.05, 4.69) is 51.9 Å². The van der Waals surface area contributed by atoms with Crippen LogP contribution in [-0.4, -0.2) is 32.0 Å². The van der Waals surface area contributed by atoms with E-state index in [1.54, 1.807) is 24.4 Å². The number of aryl methyl sites for hydroxylation is 1. The Morgan fingerprint density at radius 2 is 1.97 bits per heavy atom. The molecule has 172 valence electrons. The third kappa shape index (κ3) is 4.61. The van der Waals surface area contributed by atoms with E-state index >= 15 is 0 Å². The van der Waals surface area contributed by atoms with Gasteiger partial charge in [0.15, 0.2) is 5.11 Å². The van der Waals surface area contributed by atoms with Crippen molar-refractivity contribution in [1.29, 1.82) is 0 Å². The summed E-state index contributed by atoms with van der Waals surface area (Å²) in [5.74, 6) is -0.716. The lowest BCUT2D eigenvalue weighted by atomic mass is 9.96. The number of pyridine rings is 1. The van der Waals surface area contributed by atoms with Gasteiger partial charge in [-0.3, -0.25) is 9.78 Å². The Hall–Kier alpha value is -3.26. The van der Waals surface area contributed by atoms with Crippen LogP contribution in [0, 0.1) is 19.7 Å². The summed E-state index contributed by atoms with van der Waals surface area (Å²) < 4.78 is 16.2. The lowest BCUT2D eigenvalue weighted by Crippen LogP contribution is -2.33. The van der Waals surface area contributed by atoms with Gasteiger partial charge in [-0.05, 0) is 68.9 Å². The predicted molar refractivity (Wildman–Crippen MR) is 131 cm³/mol. The van der Waals surface area contributed by atoms with Gasteiger partial charge < -0.3 is 20.1 Å². The van der Waals surface area contributed by atoms with Crippen LogP contribution >= 0.6 is 12.2 Å². The van der Waals surface area contributed by atoms with Gasteiger partial charge >= 0.3 is 0 Å². The van der Waals surface area contributed by atoms with Crippen molar-refractivity contribution in [3.05, 3.63) is 83.2 Å². The molecule has 1 aliphatic rings. The molecule has 3 heterocycles. The fourth-order valence-corrected chi connectivity index (χ4v) is 4.93. The molecule has 1 aliphatic heterocycles. The molecule has 2 aromatic heterocycles. The molecule has 8 heteroatoms. The predicted octanol–water partition coefficient (Wildman–Crippen LogP) is 4.66. The molecule has 1 fully saturated rings. The molecule has 6 nitrogen and oxygen atoms in total. The SMILES string of the molecule is CCn1c(C)cc([C@H]2[C@H](c3ccccn3)NC(=S)N2CCC(=O)Nc2ccccc2F)c1C. The number of para-hydroxylation sites is 1. The van der Waals surface area contributed by atoms with Crippen molar-refractivity contribution >= 4 is 28.9 Å². The molecule has 3 aromatic rings. The van der Waals surface area contributed by atoms with E-state index in [-0.39, 0.29) is 30.1 Å². The molecular weight excluding hydrogens is 437 g/mol. The van der Waals surface area contributed by atoms with Crippen molar-refractivity contribution < 1.29 is 9.18 Å². The Bertz CT molecular complexity index is 1160. The molecule has 0 unspecified atom stereocenters. The van der Waals surface area contributed by atoms with Gasteiger partial charge in [0.05, 0.1) is 23.5 Å². The van der Waals surface area contributed by atoms with E-state index in [1.165, 1.54) is 17.5 Å². The molecule has 0 bridgehead atoms. The van der Waals surface area contributed by atoms with Gasteiger partial charge in [-0.2, -0.15) is 0 Å². The number of amides is 1. The Balaban J connectivity index is 1.60. The molecule has 0 radical (unpaired) electrons. The molecule has 2 atom stereocenters. The van der Waals surface area contributed by atoms with E-state index in [0.717, 1.165) is 17.8 Å². The Morgan fingerprint density at radius 3 is 2.64 bits per heavy atom. The highest BCUT2D eigenvalue weighted by Crippen LogP contribution is 2.40. The average molecular weight is 466 g/mol. The summed E-state index contributed by atoms with van der Waals surface area (Å²) in [6, 6.07) is 13.9. The van der Waals surface area contributed by atoms with E-state index in [0.29, 0.717) is 11.7 Å². The van der Waals surface area contributed by atoms with Crippen LogP contribution in [-0.2, 0) is 11.3 Å². The lowest BCUT2D eigenvalue weighted by molar-refractivity contribution is -0.116. The average Bonchev–Trinajstić information content (AvgIpc) is 3.29. The van der Waals surface area contributed by atoms with Crippen LogP contribution in [0.5, 0.6) is 0 Å². The second-order valence-corrected chi connectivity index (χ2v) is 8.56. The van der Waals surface area contributed by atoms with Gasteiger partial charge in [0.1, 0.15) is 5.82 Å². The number of carbonyl (C=O) groups is 1. The highest BCUT2D eigenvalue weighted by atomic mass is 32.1. The summed E-state index contributed by atoms with van der Waals surface area (Å²) in [6.07, 6.45) is 1.95. The number of halogens is 1. The largest absolute Gasteiger partial charge is 0.352 e. The van der Waals surface area contributed by atoms with Gasteiger partial charge in [0.25, 0.3) is 0 Å². The minimum Gasteiger partial charge on any atom is -0.352 e. The maximum Gasteiger partial charge on any atom is 0.226 e. The molecule has 0 saturated carbocycles. The number of carbonyl (C=O) groups excluding carboxylic acids is 1. The van der Waals surface area contributed by atoms with E-state index < -0.39 is 5.82 Å². The Labute approximate surface area is 198 Å². The number of nitrogens with zero attached hydrogens (tertiary/aromatic N) is 3. The van der Waals surface area contributed by atoms with E-state index in [9.17, 15) is 9.18 Å². The summed E-state index contributed by atoms with van der Waals surface area (Å²) in [5.41, 5.74) is 4.59. The normalized spacial score (nSPS) is 17.8. The van der Waals surface area contributed by atoms with Crippen molar-refractivity contribution in [2.75, 3.05) is 11.9 Å². The van der Waals surface area contributed by atoms with Crippen molar-refractivity contribution in [1.82, 2.24) is 19.8 Å². The van der Waals surface area contributed by atoms with Crippen LogP contribution in [0.4, 0.5) is 10.1 Å². The van der Waals surface area contributed by atoms with Crippen molar-refractivity contribution in [2.45, 2.75) is 45.8 Å². The first-order chi connectivity index (χ1) is 15.9. The highest BCUT2D eigenvalue weighted by molar-refractivity contribution is 7.80. The van der Waals surface area contributed by atoms with Crippen LogP contribution < -0.4 is 10.6 Å². The third-order valence-corrected chi connectivity index (χ3v) is 6.53. The monoisotopic (exact) mass is 465 g/mol. The first-order valence-electron chi connectivity index (χ1n) is 11.1. The van der Waals surface area contributed by atoms with Gasteiger partial charge in [0.2, 0.25) is 5.91 Å². The highest BCUT2D eigenvalue weighted by Gasteiger charge is 2.41. The minimum absolute atomic E-state index is 0.111. The second-order valence-electron chi connectivity index (χ2n) is 8.17. The molecule has 2 N–H and O–H groups in total. The first kappa shape index (κ1) is 22.9. The lowest BCUT2D eigenvalue weighted by Gasteiger charge is -2.28. The molecule has 1 aromatic carbocycles. The molecule has 1 saturated heterocycles. The second kappa shape index (κ2) is 9.70. The maximum absolute atomic E-state index is 13.9. The number of hydrogen-bond acceptors (Lipinski definition) is 3. The molecule has 0 spiro atoms. The van der Waals surface area contributed by atoms with Crippen molar-refractivity contribution in [3.63, 3.8) is 0 Å². The molecule has 33 heavy (non-hydrogen) atoms. The maximum atomic E-state index is 13.9. The number of thiocarbonyl (C=S) groups is 1. The van der Waals surface area contributed by atoms with Crippen molar-refractivity contribution in [2.24, 2.45) is 0 Å². The third-order valence-electron chi connectivity index (χ3n) is 6.17. The summed E-state index contributed by atoms with van der Waals surface area (Å²) in [7, 11) is 0. The molecule has 0 aliphatic carbocycles. The number of anilines is 1. The first-order valence-corrected chi connectivity index (χ1v) is 11.5. The van der Waals surface area contributed by atoms with Gasteiger partial charge in [0, 0.05) is 37.1 Å². The van der Waals surface area contributed by atoms with Crippen LogP contribution in [0.25, 0.3) is 0 Å². The topological polar surface area (TPSA) is 62.2 Å².